The molecular formula is C11H15N3S. The summed E-state index contributed by atoms with van der Waals surface area (Å²) in [7, 11) is 0. The van der Waals surface area contributed by atoms with E-state index in [2.05, 4.69) is 27.4 Å². The van der Waals surface area contributed by atoms with Gasteiger partial charge in [0.05, 0.1) is 0 Å². The van der Waals surface area contributed by atoms with Crippen LogP contribution in [0.1, 0.15) is 12.0 Å². The maximum absolute atomic E-state index is 4.42. The van der Waals surface area contributed by atoms with Gasteiger partial charge in [-0.2, -0.15) is 0 Å². The molecule has 0 spiro atoms. The Hall–Kier alpha value is -1.03. The fourth-order valence-electron chi connectivity index (χ4n) is 1.43. The zero-order chi connectivity index (χ0) is 10.3. The quantitative estimate of drug-likeness (QED) is 0.844. The highest BCUT2D eigenvalue weighted by molar-refractivity contribution is 8.13. The van der Waals surface area contributed by atoms with Gasteiger partial charge in [-0.15, -0.1) is 0 Å². The van der Waals surface area contributed by atoms with Crippen molar-refractivity contribution >= 4 is 16.9 Å². The summed E-state index contributed by atoms with van der Waals surface area (Å²) in [5, 5.41) is 4.47. The summed E-state index contributed by atoms with van der Waals surface area (Å²) >= 11 is 1.82. The van der Waals surface area contributed by atoms with Gasteiger partial charge in [0.1, 0.15) is 0 Å². The van der Waals surface area contributed by atoms with Crippen LogP contribution in [0.4, 0.5) is 0 Å². The van der Waals surface area contributed by atoms with Crippen LogP contribution < -0.4 is 5.32 Å². The van der Waals surface area contributed by atoms with E-state index in [1.165, 1.54) is 17.7 Å². The lowest BCUT2D eigenvalue weighted by Gasteiger charge is -2.12. The minimum Gasteiger partial charge on any atom is -0.365 e. The number of rotatable bonds is 3. The van der Waals surface area contributed by atoms with Crippen molar-refractivity contribution in [3.05, 3.63) is 30.1 Å². The van der Waals surface area contributed by atoms with Crippen molar-refractivity contribution in [2.75, 3.05) is 18.8 Å². The molecule has 0 saturated heterocycles. The summed E-state index contributed by atoms with van der Waals surface area (Å²) in [4.78, 5) is 8.41. The molecule has 1 aliphatic heterocycles. The molecule has 1 N–H and O–H groups in total. The van der Waals surface area contributed by atoms with Crippen LogP contribution >= 0.6 is 11.8 Å². The number of hydrogen-bond acceptors (Lipinski definition) is 4. The summed E-state index contributed by atoms with van der Waals surface area (Å²) in [5.41, 5.74) is 1.32. The Labute approximate surface area is 94.4 Å². The maximum Gasteiger partial charge on any atom is 0.156 e. The molecule has 0 fully saturated rings. The van der Waals surface area contributed by atoms with Gasteiger partial charge in [0.25, 0.3) is 0 Å². The van der Waals surface area contributed by atoms with Crippen LogP contribution in [0.3, 0.4) is 0 Å². The van der Waals surface area contributed by atoms with E-state index in [0.717, 1.165) is 24.7 Å². The lowest BCUT2D eigenvalue weighted by Crippen LogP contribution is -2.25. The van der Waals surface area contributed by atoms with Crippen molar-refractivity contribution in [2.24, 2.45) is 4.99 Å². The number of hydrogen-bond donors (Lipinski definition) is 1. The largest absolute Gasteiger partial charge is 0.365 e. The number of nitrogens with zero attached hydrogens (tertiary/aromatic N) is 2. The molecule has 0 bridgehead atoms. The number of amidine groups is 1. The molecule has 3 nitrogen and oxygen atoms in total. The molecule has 0 aliphatic carbocycles. The Morgan fingerprint density at radius 3 is 2.93 bits per heavy atom. The maximum atomic E-state index is 4.42. The van der Waals surface area contributed by atoms with E-state index in [4.69, 9.17) is 0 Å². The standard InChI is InChI=1S/C11H15N3S/c1-5-13-11(15-9-1)14-8-4-10-2-6-12-7-3-10/h2-3,6-7H,1,4-5,8-9H2,(H,13,14). The van der Waals surface area contributed by atoms with E-state index in [-0.39, 0.29) is 0 Å². The molecule has 0 aromatic carbocycles. The first-order valence-corrected chi connectivity index (χ1v) is 6.24. The molecule has 1 aromatic rings. The van der Waals surface area contributed by atoms with Crippen LogP contribution in [-0.4, -0.2) is 29.0 Å². The minimum atomic E-state index is 0.954. The first kappa shape index (κ1) is 10.5. The van der Waals surface area contributed by atoms with Gasteiger partial charge in [0.2, 0.25) is 0 Å². The van der Waals surface area contributed by atoms with E-state index in [1.807, 2.05) is 24.2 Å². The average Bonchev–Trinajstić information content (AvgIpc) is 2.32. The molecule has 80 valence electrons. The second-order valence-corrected chi connectivity index (χ2v) is 4.50. The van der Waals surface area contributed by atoms with E-state index >= 15 is 0 Å². The Morgan fingerprint density at radius 1 is 1.33 bits per heavy atom. The molecule has 2 rings (SSSR count). The molecule has 0 amide bonds. The average molecular weight is 221 g/mol. The fourth-order valence-corrected chi connectivity index (χ4v) is 2.28. The van der Waals surface area contributed by atoms with Crippen molar-refractivity contribution in [2.45, 2.75) is 12.8 Å². The Balaban J connectivity index is 1.73. The molecule has 2 heterocycles. The highest BCUT2D eigenvalue weighted by atomic mass is 32.2. The van der Waals surface area contributed by atoms with Gasteiger partial charge in [-0.3, -0.25) is 9.98 Å². The van der Waals surface area contributed by atoms with Gasteiger partial charge >= 0.3 is 0 Å². The minimum absolute atomic E-state index is 0.954. The first-order valence-electron chi connectivity index (χ1n) is 5.25. The topological polar surface area (TPSA) is 37.3 Å². The SMILES string of the molecule is c1cc(CCNC2=NCCCS2)ccn1. The monoisotopic (exact) mass is 221 g/mol. The molecule has 1 aromatic heterocycles. The van der Waals surface area contributed by atoms with Gasteiger partial charge in [-0.1, -0.05) is 11.8 Å². The van der Waals surface area contributed by atoms with Gasteiger partial charge in [0, 0.05) is 31.2 Å². The van der Waals surface area contributed by atoms with Gasteiger partial charge in [-0.05, 0) is 30.5 Å². The number of thioether (sulfide) groups is 1. The Bertz CT molecular complexity index is 324. The number of pyridine rings is 1. The van der Waals surface area contributed by atoms with E-state index in [9.17, 15) is 0 Å². The van der Waals surface area contributed by atoms with Crippen LogP contribution in [-0.2, 0) is 6.42 Å². The van der Waals surface area contributed by atoms with E-state index in [0.29, 0.717) is 0 Å². The summed E-state index contributed by atoms with van der Waals surface area (Å²) < 4.78 is 0. The van der Waals surface area contributed by atoms with Gasteiger partial charge < -0.3 is 5.32 Å². The second kappa shape index (κ2) is 5.75. The molecule has 0 unspecified atom stereocenters. The van der Waals surface area contributed by atoms with Crippen molar-refractivity contribution in [3.8, 4) is 0 Å². The molecule has 0 saturated carbocycles. The molecule has 4 heteroatoms. The smallest absolute Gasteiger partial charge is 0.156 e. The normalized spacial score (nSPS) is 15.9. The predicted octanol–water partition coefficient (Wildman–Crippen LogP) is 1.71. The van der Waals surface area contributed by atoms with Crippen LogP contribution in [0, 0.1) is 0 Å². The highest BCUT2D eigenvalue weighted by Crippen LogP contribution is 2.09. The van der Waals surface area contributed by atoms with Crippen molar-refractivity contribution < 1.29 is 0 Å². The van der Waals surface area contributed by atoms with Gasteiger partial charge in [0.15, 0.2) is 5.17 Å². The predicted molar refractivity (Wildman–Crippen MR) is 65.3 cm³/mol. The zero-order valence-corrected chi connectivity index (χ0v) is 9.46. The van der Waals surface area contributed by atoms with E-state index < -0.39 is 0 Å². The third-order valence-electron chi connectivity index (χ3n) is 2.24. The third-order valence-corrected chi connectivity index (χ3v) is 3.28. The highest BCUT2D eigenvalue weighted by Gasteiger charge is 2.04. The molecule has 15 heavy (non-hydrogen) atoms. The Morgan fingerprint density at radius 2 is 2.20 bits per heavy atom. The number of aliphatic imine (C=N–C) groups is 1. The molecular weight excluding hydrogens is 206 g/mol. The Kier molecular flexibility index (Phi) is 4.02. The summed E-state index contributed by atoms with van der Waals surface area (Å²) in [5.74, 6) is 1.20. The zero-order valence-electron chi connectivity index (χ0n) is 8.65. The fraction of sp³-hybridized carbons (Fsp3) is 0.455. The van der Waals surface area contributed by atoms with Crippen molar-refractivity contribution in [1.29, 1.82) is 0 Å². The second-order valence-electron chi connectivity index (χ2n) is 3.42. The molecule has 0 radical (unpaired) electrons. The summed E-state index contributed by atoms with van der Waals surface area (Å²) in [6, 6.07) is 4.11. The van der Waals surface area contributed by atoms with Crippen LogP contribution in [0.25, 0.3) is 0 Å². The number of nitrogens with one attached hydrogen (secondary N) is 1. The summed E-state index contributed by atoms with van der Waals surface area (Å²) in [6.07, 6.45) is 5.91. The van der Waals surface area contributed by atoms with Crippen LogP contribution in [0.2, 0.25) is 0 Å². The van der Waals surface area contributed by atoms with E-state index in [1.54, 1.807) is 0 Å². The molecule has 0 atom stereocenters. The molecule has 1 aliphatic rings. The van der Waals surface area contributed by atoms with Crippen molar-refractivity contribution in [1.82, 2.24) is 10.3 Å². The van der Waals surface area contributed by atoms with Crippen LogP contribution in [0.5, 0.6) is 0 Å². The van der Waals surface area contributed by atoms with Crippen LogP contribution in [0.15, 0.2) is 29.5 Å². The lowest BCUT2D eigenvalue weighted by molar-refractivity contribution is 0.851. The van der Waals surface area contributed by atoms with Crippen molar-refractivity contribution in [3.63, 3.8) is 0 Å². The third kappa shape index (κ3) is 3.55. The summed E-state index contributed by atoms with van der Waals surface area (Å²) in [6.45, 7) is 1.93. The lowest BCUT2D eigenvalue weighted by atomic mass is 10.2. The first-order chi connectivity index (χ1) is 7.45. The number of aromatic nitrogens is 1. The van der Waals surface area contributed by atoms with Gasteiger partial charge in [-0.25, -0.2) is 0 Å².